The number of hydrogen-bond donors (Lipinski definition) is 1. The minimum absolute atomic E-state index is 0.122. The molecular formula is C25H31NO5S. The van der Waals surface area contributed by atoms with E-state index in [0.29, 0.717) is 18.5 Å². The molecule has 1 fully saturated rings. The summed E-state index contributed by atoms with van der Waals surface area (Å²) in [4.78, 5) is 25.7. The zero-order valence-corrected chi connectivity index (χ0v) is 20.0. The fourth-order valence-corrected chi connectivity index (χ4v) is 6.41. The van der Waals surface area contributed by atoms with Crippen molar-refractivity contribution in [3.63, 3.8) is 0 Å². The van der Waals surface area contributed by atoms with Gasteiger partial charge in [-0.1, -0.05) is 44.0 Å². The van der Waals surface area contributed by atoms with E-state index in [1.165, 1.54) is 0 Å². The molecule has 7 heteroatoms. The first-order chi connectivity index (χ1) is 15.1. The topological polar surface area (TPSA) is 89.5 Å². The highest BCUT2D eigenvalue weighted by atomic mass is 32.2. The molecule has 0 atom stereocenters. The minimum atomic E-state index is -3.97. The average Bonchev–Trinajstić information content (AvgIpc) is 3.27. The number of amides is 1. The smallest absolute Gasteiger partial charge is 0.328 e. The van der Waals surface area contributed by atoms with Crippen molar-refractivity contribution in [3.05, 3.63) is 58.7 Å². The Labute approximate surface area is 190 Å². The van der Waals surface area contributed by atoms with E-state index in [4.69, 9.17) is 4.74 Å². The van der Waals surface area contributed by atoms with Gasteiger partial charge in [0, 0.05) is 5.69 Å². The Morgan fingerprint density at radius 3 is 2.31 bits per heavy atom. The average molecular weight is 458 g/mol. The van der Waals surface area contributed by atoms with Crippen LogP contribution in [0.2, 0.25) is 0 Å². The van der Waals surface area contributed by atoms with Crippen LogP contribution in [0.1, 0.15) is 54.9 Å². The molecule has 1 N–H and O–H groups in total. The number of aryl methyl sites for hydroxylation is 4. The zero-order chi connectivity index (χ0) is 23.5. The lowest BCUT2D eigenvalue weighted by atomic mass is 10.1. The van der Waals surface area contributed by atoms with Crippen LogP contribution >= 0.6 is 0 Å². The summed E-state index contributed by atoms with van der Waals surface area (Å²) in [6.45, 7) is 7.10. The number of para-hydroxylation sites is 1. The molecule has 0 heterocycles. The number of rotatable bonds is 7. The molecule has 0 aromatic heterocycles. The second-order valence-electron chi connectivity index (χ2n) is 8.54. The van der Waals surface area contributed by atoms with Gasteiger partial charge in [0.1, 0.15) is 0 Å². The molecule has 0 bridgehead atoms. The molecule has 1 aliphatic rings. The summed E-state index contributed by atoms with van der Waals surface area (Å²) in [5, 5.41) is 2.81. The highest BCUT2D eigenvalue weighted by molar-refractivity contribution is 7.93. The van der Waals surface area contributed by atoms with E-state index in [1.54, 1.807) is 18.2 Å². The number of nitrogens with one attached hydrogen (secondary N) is 1. The predicted molar refractivity (Wildman–Crippen MR) is 124 cm³/mol. The van der Waals surface area contributed by atoms with Crippen molar-refractivity contribution in [1.29, 1.82) is 0 Å². The van der Waals surface area contributed by atoms with Gasteiger partial charge in [-0.15, -0.1) is 0 Å². The Hall–Kier alpha value is -2.67. The Bertz CT molecular complexity index is 1130. The molecule has 0 aliphatic heterocycles. The molecule has 0 unspecified atom stereocenters. The standard InChI is InChI=1S/C25H31NO5S/c1-5-20-10-8-9-18(3)23(20)26-22(27)16-31-24(28)25(13-6-7-14-25)32(29,30)21-12-11-17(2)19(4)15-21/h8-12,15H,5-7,13-14,16H2,1-4H3,(H,26,27). The van der Waals surface area contributed by atoms with Crippen molar-refractivity contribution in [1.82, 2.24) is 0 Å². The molecule has 3 rings (SSSR count). The van der Waals surface area contributed by atoms with Crippen LogP contribution in [-0.2, 0) is 30.6 Å². The van der Waals surface area contributed by atoms with Gasteiger partial charge in [0.25, 0.3) is 5.91 Å². The maximum absolute atomic E-state index is 13.5. The maximum atomic E-state index is 13.5. The van der Waals surface area contributed by atoms with Crippen LogP contribution in [0.5, 0.6) is 0 Å². The molecule has 172 valence electrons. The number of sulfone groups is 1. The highest BCUT2D eigenvalue weighted by Gasteiger charge is 2.54. The van der Waals surface area contributed by atoms with Crippen molar-refractivity contribution in [2.45, 2.75) is 69.4 Å². The van der Waals surface area contributed by atoms with E-state index in [9.17, 15) is 18.0 Å². The number of ether oxygens (including phenoxy) is 1. The Balaban J connectivity index is 1.79. The van der Waals surface area contributed by atoms with Crippen molar-refractivity contribution in [2.24, 2.45) is 0 Å². The maximum Gasteiger partial charge on any atom is 0.328 e. The molecule has 0 spiro atoms. The van der Waals surface area contributed by atoms with Gasteiger partial charge in [0.15, 0.2) is 21.2 Å². The number of hydrogen-bond acceptors (Lipinski definition) is 5. The van der Waals surface area contributed by atoms with Crippen molar-refractivity contribution < 1.29 is 22.7 Å². The summed E-state index contributed by atoms with van der Waals surface area (Å²) < 4.78 is 30.7. The molecule has 1 saturated carbocycles. The van der Waals surface area contributed by atoms with Gasteiger partial charge in [-0.3, -0.25) is 9.59 Å². The summed E-state index contributed by atoms with van der Waals surface area (Å²) in [5.74, 6) is -1.33. The van der Waals surface area contributed by atoms with Gasteiger partial charge >= 0.3 is 5.97 Å². The largest absolute Gasteiger partial charge is 0.454 e. The first-order valence-corrected chi connectivity index (χ1v) is 12.5. The van der Waals surface area contributed by atoms with E-state index in [2.05, 4.69) is 5.32 Å². The molecular weight excluding hydrogens is 426 g/mol. The summed E-state index contributed by atoms with van der Waals surface area (Å²) >= 11 is 0. The number of benzene rings is 2. The van der Waals surface area contributed by atoms with Gasteiger partial charge in [0.05, 0.1) is 4.90 Å². The summed E-state index contributed by atoms with van der Waals surface area (Å²) in [6, 6.07) is 10.6. The van der Waals surface area contributed by atoms with Crippen molar-refractivity contribution in [2.75, 3.05) is 11.9 Å². The molecule has 2 aromatic rings. The lowest BCUT2D eigenvalue weighted by Gasteiger charge is -2.27. The number of carbonyl (C=O) groups is 2. The van der Waals surface area contributed by atoms with Gasteiger partial charge in [-0.05, 0) is 74.4 Å². The number of anilines is 1. The number of carbonyl (C=O) groups excluding carboxylic acids is 2. The molecule has 0 saturated heterocycles. The first kappa shape index (κ1) is 24.0. The summed E-state index contributed by atoms with van der Waals surface area (Å²) in [5.41, 5.74) is 4.42. The highest BCUT2D eigenvalue weighted by Crippen LogP contribution is 2.42. The van der Waals surface area contributed by atoms with Gasteiger partial charge in [-0.25, -0.2) is 8.42 Å². The fraction of sp³-hybridized carbons (Fsp3) is 0.440. The third kappa shape index (κ3) is 4.44. The van der Waals surface area contributed by atoms with Crippen LogP contribution in [-0.4, -0.2) is 31.6 Å². The van der Waals surface area contributed by atoms with Gasteiger partial charge in [-0.2, -0.15) is 0 Å². The quantitative estimate of drug-likeness (QED) is 0.621. The Morgan fingerprint density at radius 2 is 1.69 bits per heavy atom. The Morgan fingerprint density at radius 1 is 1.00 bits per heavy atom. The molecule has 1 amide bonds. The van der Waals surface area contributed by atoms with E-state index in [0.717, 1.165) is 28.7 Å². The zero-order valence-electron chi connectivity index (χ0n) is 19.2. The van der Waals surface area contributed by atoms with E-state index >= 15 is 0 Å². The second kappa shape index (κ2) is 9.45. The second-order valence-corrected chi connectivity index (χ2v) is 10.8. The van der Waals surface area contributed by atoms with Crippen LogP contribution in [0, 0.1) is 20.8 Å². The lowest BCUT2D eigenvalue weighted by Crippen LogP contribution is -2.46. The summed E-state index contributed by atoms with van der Waals surface area (Å²) in [6.07, 6.45) is 2.37. The fourth-order valence-electron chi connectivity index (χ4n) is 4.28. The normalized spacial score (nSPS) is 15.4. The van der Waals surface area contributed by atoms with Crippen molar-refractivity contribution in [3.8, 4) is 0 Å². The van der Waals surface area contributed by atoms with E-state index in [-0.39, 0.29) is 17.7 Å². The van der Waals surface area contributed by atoms with Crippen LogP contribution in [0.4, 0.5) is 5.69 Å². The lowest BCUT2D eigenvalue weighted by molar-refractivity contribution is -0.149. The molecule has 2 aromatic carbocycles. The third-order valence-corrected chi connectivity index (χ3v) is 8.90. The Kier molecular flexibility index (Phi) is 7.08. The van der Waals surface area contributed by atoms with Crippen LogP contribution < -0.4 is 5.32 Å². The van der Waals surface area contributed by atoms with Crippen molar-refractivity contribution >= 4 is 27.4 Å². The first-order valence-electron chi connectivity index (χ1n) is 11.0. The molecule has 32 heavy (non-hydrogen) atoms. The van der Waals surface area contributed by atoms with Crippen LogP contribution in [0.3, 0.4) is 0 Å². The monoisotopic (exact) mass is 457 g/mol. The molecule has 1 aliphatic carbocycles. The summed E-state index contributed by atoms with van der Waals surface area (Å²) in [7, 11) is -3.97. The predicted octanol–water partition coefficient (Wildman–Crippen LogP) is 4.44. The van der Waals surface area contributed by atoms with E-state index < -0.39 is 33.1 Å². The number of esters is 1. The minimum Gasteiger partial charge on any atom is -0.454 e. The van der Waals surface area contributed by atoms with E-state index in [1.807, 2.05) is 45.9 Å². The van der Waals surface area contributed by atoms with Gasteiger partial charge in [0.2, 0.25) is 0 Å². The molecule has 0 radical (unpaired) electrons. The van der Waals surface area contributed by atoms with Gasteiger partial charge < -0.3 is 10.1 Å². The molecule has 6 nitrogen and oxygen atoms in total. The van der Waals surface area contributed by atoms with Crippen LogP contribution in [0.15, 0.2) is 41.3 Å². The van der Waals surface area contributed by atoms with Crippen LogP contribution in [0.25, 0.3) is 0 Å². The SMILES string of the molecule is CCc1cccc(C)c1NC(=O)COC(=O)C1(S(=O)(=O)c2ccc(C)c(C)c2)CCCC1. The third-order valence-electron chi connectivity index (χ3n) is 6.43.